The lowest BCUT2D eigenvalue weighted by Crippen LogP contribution is -2.67. The van der Waals surface area contributed by atoms with Crippen molar-refractivity contribution in [3.63, 3.8) is 0 Å². The highest BCUT2D eigenvalue weighted by Crippen LogP contribution is 2.27. The van der Waals surface area contributed by atoms with Crippen LogP contribution in [0.1, 0.15) is 15.9 Å². The highest BCUT2D eigenvalue weighted by atomic mass is 16.5. The molecular weight excluding hydrogens is 302 g/mol. The molecular formula is C19H23N3O2. The summed E-state index contributed by atoms with van der Waals surface area (Å²) in [5.74, 6) is 0.00675. The third kappa shape index (κ3) is 3.27. The van der Waals surface area contributed by atoms with Crippen LogP contribution in [-0.4, -0.2) is 43.2 Å². The van der Waals surface area contributed by atoms with Crippen LogP contribution in [0.15, 0.2) is 54.6 Å². The van der Waals surface area contributed by atoms with Crippen LogP contribution in [0.2, 0.25) is 0 Å². The van der Waals surface area contributed by atoms with Gasteiger partial charge in [0.05, 0.1) is 18.7 Å². The summed E-state index contributed by atoms with van der Waals surface area (Å²) in [6.45, 7) is 2.16. The van der Waals surface area contributed by atoms with Crippen molar-refractivity contribution in [1.29, 1.82) is 0 Å². The monoisotopic (exact) mass is 325 g/mol. The number of amides is 1. The fraction of sp³-hybridized carbons (Fsp3) is 0.316. The number of nitrogens with one attached hydrogen (secondary N) is 1. The van der Waals surface area contributed by atoms with E-state index in [2.05, 4.69) is 17.4 Å². The number of hydrogen-bond donors (Lipinski definition) is 2. The van der Waals surface area contributed by atoms with Crippen molar-refractivity contribution in [3.05, 3.63) is 65.7 Å². The first-order chi connectivity index (χ1) is 11.7. The number of anilines is 1. The normalized spacial score (nSPS) is 15.7. The molecule has 3 N–H and O–H groups in total. The van der Waals surface area contributed by atoms with Crippen molar-refractivity contribution < 1.29 is 9.53 Å². The average Bonchev–Trinajstić information content (AvgIpc) is 2.61. The van der Waals surface area contributed by atoms with Crippen molar-refractivity contribution in [1.82, 2.24) is 4.90 Å². The van der Waals surface area contributed by atoms with Gasteiger partial charge in [-0.05, 0) is 17.7 Å². The van der Waals surface area contributed by atoms with Gasteiger partial charge in [0.1, 0.15) is 5.60 Å². The number of benzene rings is 2. The molecule has 0 saturated carbocycles. The maximum atomic E-state index is 12.8. The van der Waals surface area contributed by atoms with Crippen molar-refractivity contribution in [3.8, 4) is 0 Å². The molecule has 1 aliphatic heterocycles. The highest BCUT2D eigenvalue weighted by molar-refractivity contribution is 6.00. The van der Waals surface area contributed by atoms with Crippen LogP contribution in [0.3, 0.4) is 0 Å². The summed E-state index contributed by atoms with van der Waals surface area (Å²) in [5, 5.41) is 3.36. The molecule has 0 radical (unpaired) electrons. The fourth-order valence-electron chi connectivity index (χ4n) is 2.92. The van der Waals surface area contributed by atoms with E-state index in [1.165, 1.54) is 5.56 Å². The fourth-order valence-corrected chi connectivity index (χ4v) is 2.92. The molecule has 2 aromatic rings. The Balaban J connectivity index is 1.69. The zero-order chi connectivity index (χ0) is 17.0. The molecule has 126 valence electrons. The molecule has 0 atom stereocenters. The van der Waals surface area contributed by atoms with Crippen LogP contribution in [0.25, 0.3) is 0 Å². The van der Waals surface area contributed by atoms with Gasteiger partial charge in [0.2, 0.25) is 0 Å². The van der Waals surface area contributed by atoms with E-state index in [-0.39, 0.29) is 11.5 Å². The first kappa shape index (κ1) is 16.5. The summed E-state index contributed by atoms with van der Waals surface area (Å²) in [6.07, 6.45) is 0. The van der Waals surface area contributed by atoms with Gasteiger partial charge in [0.25, 0.3) is 5.91 Å². The molecule has 1 aliphatic rings. The van der Waals surface area contributed by atoms with Gasteiger partial charge >= 0.3 is 0 Å². The third-order valence-electron chi connectivity index (χ3n) is 4.53. The van der Waals surface area contributed by atoms with Crippen molar-refractivity contribution in [2.45, 2.75) is 12.1 Å². The van der Waals surface area contributed by atoms with E-state index in [4.69, 9.17) is 10.5 Å². The molecule has 0 aliphatic carbocycles. The Kier molecular flexibility index (Phi) is 4.83. The number of carbonyl (C=O) groups excluding carboxylic acids is 1. The molecule has 24 heavy (non-hydrogen) atoms. The summed E-state index contributed by atoms with van der Waals surface area (Å²) in [4.78, 5) is 14.5. The maximum absolute atomic E-state index is 12.8. The Morgan fingerprint density at radius 3 is 2.50 bits per heavy atom. The molecule has 0 aromatic heterocycles. The first-order valence-electron chi connectivity index (χ1n) is 8.09. The van der Waals surface area contributed by atoms with E-state index >= 15 is 0 Å². The van der Waals surface area contributed by atoms with Gasteiger partial charge in [-0.3, -0.25) is 4.79 Å². The average molecular weight is 325 g/mol. The van der Waals surface area contributed by atoms with Gasteiger partial charge in [0.15, 0.2) is 0 Å². The maximum Gasteiger partial charge on any atom is 0.256 e. The first-order valence-corrected chi connectivity index (χ1v) is 8.09. The summed E-state index contributed by atoms with van der Waals surface area (Å²) >= 11 is 0. The van der Waals surface area contributed by atoms with Gasteiger partial charge in [-0.1, -0.05) is 42.5 Å². The van der Waals surface area contributed by atoms with Crippen LogP contribution < -0.4 is 11.1 Å². The van der Waals surface area contributed by atoms with Crippen LogP contribution in [-0.2, 0) is 11.3 Å². The topological polar surface area (TPSA) is 67.6 Å². The number of nitrogens with zero attached hydrogens (tertiary/aromatic N) is 1. The quantitative estimate of drug-likeness (QED) is 0.853. The van der Waals surface area contributed by atoms with E-state index in [0.717, 1.165) is 5.69 Å². The Bertz CT molecular complexity index is 691. The SMILES string of the molecule is COC1(CN)CN(C(=O)c2ccccc2NCc2ccccc2)C1. The molecule has 5 heteroatoms. The summed E-state index contributed by atoms with van der Waals surface area (Å²) < 4.78 is 5.44. The second kappa shape index (κ2) is 7.03. The van der Waals surface area contributed by atoms with E-state index in [1.54, 1.807) is 12.0 Å². The molecule has 2 aromatic carbocycles. The molecule has 0 spiro atoms. The summed E-state index contributed by atoms with van der Waals surface area (Å²) in [5.41, 5.74) is 8.05. The number of nitrogens with two attached hydrogens (primary N) is 1. The molecule has 3 rings (SSSR count). The minimum atomic E-state index is -0.387. The zero-order valence-electron chi connectivity index (χ0n) is 13.9. The number of para-hydroxylation sites is 1. The molecule has 0 bridgehead atoms. The van der Waals surface area contributed by atoms with Gasteiger partial charge < -0.3 is 20.7 Å². The second-order valence-corrected chi connectivity index (χ2v) is 6.14. The van der Waals surface area contributed by atoms with Gasteiger partial charge in [-0.25, -0.2) is 0 Å². The number of rotatable bonds is 6. The number of likely N-dealkylation sites (tertiary alicyclic amines) is 1. The molecule has 1 heterocycles. The number of hydrogen-bond acceptors (Lipinski definition) is 4. The number of methoxy groups -OCH3 is 1. The Labute approximate surface area is 142 Å². The van der Waals surface area contributed by atoms with Gasteiger partial charge in [-0.2, -0.15) is 0 Å². The molecule has 1 amide bonds. The lowest BCUT2D eigenvalue weighted by molar-refractivity contribution is -0.101. The second-order valence-electron chi connectivity index (χ2n) is 6.14. The lowest BCUT2D eigenvalue weighted by Gasteiger charge is -2.48. The minimum Gasteiger partial charge on any atom is -0.380 e. The van der Waals surface area contributed by atoms with E-state index in [0.29, 0.717) is 31.7 Å². The van der Waals surface area contributed by atoms with Crippen LogP contribution in [0.4, 0.5) is 5.69 Å². The lowest BCUT2D eigenvalue weighted by atomic mass is 9.93. The van der Waals surface area contributed by atoms with Crippen molar-refractivity contribution >= 4 is 11.6 Å². The Morgan fingerprint density at radius 2 is 1.83 bits per heavy atom. The smallest absolute Gasteiger partial charge is 0.256 e. The molecule has 1 fully saturated rings. The number of carbonyl (C=O) groups is 1. The summed E-state index contributed by atoms with van der Waals surface area (Å²) in [6, 6.07) is 17.7. The van der Waals surface area contributed by atoms with Crippen molar-refractivity contribution in [2.24, 2.45) is 5.73 Å². The largest absolute Gasteiger partial charge is 0.380 e. The van der Waals surface area contributed by atoms with Crippen LogP contribution in [0, 0.1) is 0 Å². The molecule has 1 saturated heterocycles. The minimum absolute atomic E-state index is 0.00675. The van der Waals surface area contributed by atoms with Gasteiger partial charge in [-0.15, -0.1) is 0 Å². The van der Waals surface area contributed by atoms with E-state index in [9.17, 15) is 4.79 Å². The van der Waals surface area contributed by atoms with E-state index < -0.39 is 0 Å². The highest BCUT2D eigenvalue weighted by Gasteiger charge is 2.44. The van der Waals surface area contributed by atoms with Crippen LogP contribution >= 0.6 is 0 Å². The predicted molar refractivity (Wildman–Crippen MR) is 94.9 cm³/mol. The van der Waals surface area contributed by atoms with Crippen LogP contribution in [0.5, 0.6) is 0 Å². The zero-order valence-corrected chi connectivity index (χ0v) is 13.9. The molecule has 5 nitrogen and oxygen atoms in total. The number of ether oxygens (including phenoxy) is 1. The predicted octanol–water partition coefficient (Wildman–Crippen LogP) is 2.10. The van der Waals surface area contributed by atoms with Gasteiger partial charge in [0, 0.05) is 25.9 Å². The summed E-state index contributed by atoms with van der Waals surface area (Å²) in [7, 11) is 1.64. The standard InChI is InChI=1S/C19H23N3O2/c1-24-19(12-20)13-22(14-19)18(23)16-9-5-6-10-17(16)21-11-15-7-3-2-4-8-15/h2-10,21H,11-14,20H2,1H3. The Morgan fingerprint density at radius 1 is 1.17 bits per heavy atom. The third-order valence-corrected chi connectivity index (χ3v) is 4.53. The Hall–Kier alpha value is -2.37. The molecule has 0 unspecified atom stereocenters. The van der Waals surface area contributed by atoms with E-state index in [1.807, 2.05) is 42.5 Å². The van der Waals surface area contributed by atoms with Crippen molar-refractivity contribution in [2.75, 3.05) is 32.1 Å².